The normalized spacial score (nSPS) is 12.3. The summed E-state index contributed by atoms with van der Waals surface area (Å²) in [5.74, 6) is 0. The van der Waals surface area contributed by atoms with Gasteiger partial charge in [0.2, 0.25) is 0 Å². The van der Waals surface area contributed by atoms with Crippen molar-refractivity contribution in [3.8, 4) is 0 Å². The fourth-order valence-electron chi connectivity index (χ4n) is 2.47. The van der Waals surface area contributed by atoms with Crippen LogP contribution in [0.1, 0.15) is 12.1 Å². The molecule has 0 aliphatic heterocycles. The highest BCUT2D eigenvalue weighted by atomic mass is 31.2. The van der Waals surface area contributed by atoms with Crippen LogP contribution in [-0.4, -0.2) is 25.9 Å². The first-order valence-electron chi connectivity index (χ1n) is 6.43. The van der Waals surface area contributed by atoms with Gasteiger partial charge in [-0.3, -0.25) is 9.55 Å². The van der Waals surface area contributed by atoms with Gasteiger partial charge in [-0.2, -0.15) is 0 Å². The van der Waals surface area contributed by atoms with Crippen LogP contribution in [0, 0.1) is 0 Å². The topological polar surface area (TPSA) is 86.2 Å². The molecule has 0 amide bonds. The predicted molar refractivity (Wildman–Crippen MR) is 78.8 cm³/mol. The summed E-state index contributed by atoms with van der Waals surface area (Å²) in [4.78, 5) is 25.5. The lowest BCUT2D eigenvalue weighted by Crippen LogP contribution is -1.95. The van der Waals surface area contributed by atoms with Crippen molar-refractivity contribution < 1.29 is 14.4 Å². The maximum absolute atomic E-state index is 10.9. The number of pyridine rings is 1. The van der Waals surface area contributed by atoms with Gasteiger partial charge in [0, 0.05) is 22.5 Å². The molecule has 0 fully saturated rings. The fraction of sp³-hybridized carbons (Fsp3) is 0.214. The summed E-state index contributed by atoms with van der Waals surface area (Å²) in [6.45, 7) is 0. The smallest absolute Gasteiger partial charge is 0.325 e. The van der Waals surface area contributed by atoms with E-state index in [2.05, 4.69) is 9.97 Å². The number of hydrogen-bond donors (Lipinski definition) is 3. The minimum atomic E-state index is -3.93. The third-order valence-electron chi connectivity index (χ3n) is 3.37. The Labute approximate surface area is 115 Å². The number of aromatic amines is 1. The number of benzene rings is 1. The highest BCUT2D eigenvalue weighted by Gasteiger charge is 2.14. The second-order valence-electron chi connectivity index (χ2n) is 4.84. The Morgan fingerprint density at radius 1 is 1.15 bits per heavy atom. The molecule has 0 saturated carbocycles. The number of nitrogens with one attached hydrogen (secondary N) is 1. The van der Waals surface area contributed by atoms with Crippen LogP contribution in [0.5, 0.6) is 0 Å². The number of hydrogen-bond acceptors (Lipinski definition) is 2. The first-order valence-corrected chi connectivity index (χ1v) is 8.23. The highest BCUT2D eigenvalue weighted by molar-refractivity contribution is 7.51. The molecule has 0 saturated heterocycles. The molecule has 3 aromatic rings. The fourth-order valence-corrected chi connectivity index (χ4v) is 3.04. The minimum Gasteiger partial charge on any atom is -0.353 e. The second kappa shape index (κ2) is 5.02. The maximum atomic E-state index is 10.9. The van der Waals surface area contributed by atoms with E-state index in [9.17, 15) is 4.57 Å². The summed E-state index contributed by atoms with van der Waals surface area (Å²) in [7, 11) is -3.93. The average Bonchev–Trinajstić information content (AvgIpc) is 2.77. The number of fused-ring (bicyclic) bond motifs is 3. The quantitative estimate of drug-likeness (QED) is 0.645. The number of para-hydroxylation sites is 1. The molecule has 3 N–H and O–H groups in total. The van der Waals surface area contributed by atoms with Crippen LogP contribution in [0.3, 0.4) is 0 Å². The lowest BCUT2D eigenvalue weighted by atomic mass is 10.1. The van der Waals surface area contributed by atoms with E-state index in [1.165, 1.54) is 0 Å². The van der Waals surface area contributed by atoms with Crippen LogP contribution in [0.2, 0.25) is 0 Å². The molecule has 2 heterocycles. The molecule has 0 radical (unpaired) electrons. The molecule has 0 aliphatic carbocycles. The zero-order valence-electron chi connectivity index (χ0n) is 10.8. The summed E-state index contributed by atoms with van der Waals surface area (Å²) in [5, 5.41) is 2.24. The van der Waals surface area contributed by atoms with E-state index in [-0.39, 0.29) is 6.16 Å². The van der Waals surface area contributed by atoms with Crippen molar-refractivity contribution in [2.24, 2.45) is 0 Å². The Kier molecular flexibility index (Phi) is 3.34. The molecule has 0 unspecified atom stereocenters. The Morgan fingerprint density at radius 3 is 2.75 bits per heavy atom. The van der Waals surface area contributed by atoms with Gasteiger partial charge in [-0.1, -0.05) is 18.2 Å². The van der Waals surface area contributed by atoms with Gasteiger partial charge in [-0.05, 0) is 25.0 Å². The zero-order chi connectivity index (χ0) is 14.2. The molecule has 0 spiro atoms. The van der Waals surface area contributed by atoms with Crippen LogP contribution in [0.4, 0.5) is 0 Å². The molecular weight excluding hydrogens is 275 g/mol. The maximum Gasteiger partial charge on any atom is 0.325 e. The second-order valence-corrected chi connectivity index (χ2v) is 6.62. The lowest BCUT2D eigenvalue weighted by molar-refractivity contribution is 0.371. The van der Waals surface area contributed by atoms with E-state index in [1.807, 2.05) is 30.3 Å². The molecule has 0 bridgehead atoms. The largest absolute Gasteiger partial charge is 0.353 e. The SMILES string of the molecule is O=P(O)(O)CCCc1nccc2c1[nH]c1ccccc12. The van der Waals surface area contributed by atoms with E-state index in [4.69, 9.17) is 9.79 Å². The molecular formula is C14H15N2O3P. The molecule has 0 aliphatic rings. The van der Waals surface area contributed by atoms with Crippen LogP contribution in [0.15, 0.2) is 36.5 Å². The Bertz CT molecular complexity index is 806. The third kappa shape index (κ3) is 2.61. The first-order chi connectivity index (χ1) is 9.54. The minimum absolute atomic E-state index is 0.106. The summed E-state index contributed by atoms with van der Waals surface area (Å²) in [6, 6.07) is 9.98. The van der Waals surface area contributed by atoms with Gasteiger partial charge < -0.3 is 14.8 Å². The highest BCUT2D eigenvalue weighted by Crippen LogP contribution is 2.35. The molecule has 3 rings (SSSR count). The van der Waals surface area contributed by atoms with Crippen molar-refractivity contribution in [2.75, 3.05) is 6.16 Å². The molecule has 20 heavy (non-hydrogen) atoms. The monoisotopic (exact) mass is 290 g/mol. The molecule has 1 aromatic carbocycles. The summed E-state index contributed by atoms with van der Waals surface area (Å²) < 4.78 is 10.9. The summed E-state index contributed by atoms with van der Waals surface area (Å²) in [6.07, 6.45) is 2.61. The standard InChI is InChI=1S/C14H15N2O3P/c17-20(18,19)9-3-6-13-14-11(7-8-15-13)10-4-1-2-5-12(10)16-14/h1-2,4-5,7-8,16H,3,6,9H2,(H2,17,18,19). The van der Waals surface area contributed by atoms with Gasteiger partial charge in [0.15, 0.2) is 0 Å². The number of H-pyrrole nitrogens is 1. The number of aryl methyl sites for hydroxylation is 1. The molecule has 2 aromatic heterocycles. The average molecular weight is 290 g/mol. The molecule has 0 atom stereocenters. The van der Waals surface area contributed by atoms with Gasteiger partial charge >= 0.3 is 7.60 Å². The van der Waals surface area contributed by atoms with Gasteiger partial charge in [-0.15, -0.1) is 0 Å². The summed E-state index contributed by atoms with van der Waals surface area (Å²) in [5.41, 5.74) is 2.86. The van der Waals surface area contributed by atoms with Crippen molar-refractivity contribution in [3.63, 3.8) is 0 Å². The predicted octanol–water partition coefficient (Wildman–Crippen LogP) is 2.83. The van der Waals surface area contributed by atoms with Gasteiger partial charge in [0.1, 0.15) is 0 Å². The molecule has 104 valence electrons. The Morgan fingerprint density at radius 2 is 1.95 bits per heavy atom. The number of nitrogens with zero attached hydrogens (tertiary/aromatic N) is 1. The Balaban J connectivity index is 1.97. The number of rotatable bonds is 4. The van der Waals surface area contributed by atoms with Crippen molar-refractivity contribution in [1.29, 1.82) is 0 Å². The Hall–Kier alpha value is -1.68. The van der Waals surface area contributed by atoms with E-state index in [0.29, 0.717) is 12.8 Å². The van der Waals surface area contributed by atoms with Crippen molar-refractivity contribution >= 4 is 29.4 Å². The molecule has 5 nitrogen and oxygen atoms in total. The van der Waals surface area contributed by atoms with Gasteiger partial charge in [0.05, 0.1) is 17.4 Å². The van der Waals surface area contributed by atoms with Gasteiger partial charge in [0.25, 0.3) is 0 Å². The van der Waals surface area contributed by atoms with Crippen molar-refractivity contribution in [2.45, 2.75) is 12.8 Å². The molecule has 6 heteroatoms. The van der Waals surface area contributed by atoms with E-state index in [1.54, 1.807) is 6.20 Å². The first kappa shape index (κ1) is 13.3. The van der Waals surface area contributed by atoms with Crippen LogP contribution < -0.4 is 0 Å². The third-order valence-corrected chi connectivity index (χ3v) is 4.27. The summed E-state index contributed by atoms with van der Waals surface area (Å²) >= 11 is 0. The lowest BCUT2D eigenvalue weighted by Gasteiger charge is -2.04. The van der Waals surface area contributed by atoms with Crippen molar-refractivity contribution in [3.05, 3.63) is 42.2 Å². The number of aromatic nitrogens is 2. The van der Waals surface area contributed by atoms with Crippen LogP contribution in [-0.2, 0) is 11.0 Å². The van der Waals surface area contributed by atoms with E-state index >= 15 is 0 Å². The zero-order valence-corrected chi connectivity index (χ0v) is 11.7. The van der Waals surface area contributed by atoms with Crippen molar-refractivity contribution in [1.82, 2.24) is 9.97 Å². The van der Waals surface area contributed by atoms with E-state index in [0.717, 1.165) is 27.5 Å². The van der Waals surface area contributed by atoms with Crippen LogP contribution in [0.25, 0.3) is 21.8 Å². The van der Waals surface area contributed by atoms with E-state index < -0.39 is 7.60 Å². The van der Waals surface area contributed by atoms with Crippen LogP contribution >= 0.6 is 7.60 Å². The van der Waals surface area contributed by atoms with Gasteiger partial charge in [-0.25, -0.2) is 0 Å².